The molecule has 24 heavy (non-hydrogen) atoms. The maximum absolute atomic E-state index is 12.7. The lowest BCUT2D eigenvalue weighted by Gasteiger charge is -2.30. The van der Waals surface area contributed by atoms with Crippen LogP contribution in [0.5, 0.6) is 0 Å². The molecular formula is C18H25N5O. The number of carbonyl (C=O) groups excluding carboxylic acids is 1. The van der Waals surface area contributed by atoms with Crippen LogP contribution in [0.15, 0.2) is 24.7 Å². The Hall–Kier alpha value is -2.24. The predicted molar refractivity (Wildman–Crippen MR) is 92.1 cm³/mol. The van der Waals surface area contributed by atoms with E-state index in [2.05, 4.69) is 15.1 Å². The molecule has 2 aromatic rings. The van der Waals surface area contributed by atoms with Crippen LogP contribution in [0.2, 0.25) is 0 Å². The number of aryl methyl sites for hydroxylation is 1. The van der Waals surface area contributed by atoms with Gasteiger partial charge in [-0.15, -0.1) is 0 Å². The molecule has 2 aromatic heterocycles. The first-order valence-electron chi connectivity index (χ1n) is 8.57. The molecule has 6 heteroatoms. The fourth-order valence-corrected chi connectivity index (χ4v) is 3.19. The van der Waals surface area contributed by atoms with Gasteiger partial charge in [-0.1, -0.05) is 20.8 Å². The number of rotatable bonds is 3. The lowest BCUT2D eigenvalue weighted by molar-refractivity contribution is -0.140. The molecule has 1 aliphatic heterocycles. The van der Waals surface area contributed by atoms with Crippen molar-refractivity contribution in [3.8, 4) is 11.4 Å². The zero-order chi connectivity index (χ0) is 17.3. The average Bonchev–Trinajstić information content (AvgIpc) is 3.22. The number of hydrogen-bond donors (Lipinski definition) is 0. The molecule has 0 aliphatic carbocycles. The summed E-state index contributed by atoms with van der Waals surface area (Å²) >= 11 is 0. The number of likely N-dealkylation sites (tertiary alicyclic amines) is 1. The fourth-order valence-electron chi connectivity index (χ4n) is 3.19. The average molecular weight is 327 g/mol. The Morgan fingerprint density at radius 2 is 2.08 bits per heavy atom. The molecule has 6 nitrogen and oxygen atoms in total. The Balaban J connectivity index is 1.84. The third kappa shape index (κ3) is 3.05. The van der Waals surface area contributed by atoms with Gasteiger partial charge in [0, 0.05) is 24.7 Å². The molecule has 1 saturated heterocycles. The number of hydrogen-bond acceptors (Lipinski definition) is 4. The molecular weight excluding hydrogens is 302 g/mol. The van der Waals surface area contributed by atoms with Crippen LogP contribution in [0, 0.1) is 5.41 Å². The Morgan fingerprint density at radius 1 is 1.29 bits per heavy atom. The van der Waals surface area contributed by atoms with E-state index < -0.39 is 0 Å². The molecule has 1 amide bonds. The summed E-state index contributed by atoms with van der Waals surface area (Å²) in [6.07, 6.45) is 7.33. The van der Waals surface area contributed by atoms with Gasteiger partial charge in [-0.2, -0.15) is 5.10 Å². The zero-order valence-electron chi connectivity index (χ0n) is 14.9. The highest BCUT2D eigenvalue weighted by Gasteiger charge is 2.36. The molecule has 1 aliphatic rings. The molecule has 3 heterocycles. The lowest BCUT2D eigenvalue weighted by atomic mass is 9.94. The molecule has 0 aromatic carbocycles. The van der Waals surface area contributed by atoms with E-state index in [0.29, 0.717) is 0 Å². The first-order chi connectivity index (χ1) is 11.4. The third-order valence-corrected chi connectivity index (χ3v) is 4.45. The second-order valence-electron chi connectivity index (χ2n) is 7.27. The highest BCUT2D eigenvalue weighted by Crippen LogP contribution is 2.34. The van der Waals surface area contributed by atoms with Crippen LogP contribution in [0.4, 0.5) is 0 Å². The van der Waals surface area contributed by atoms with Gasteiger partial charge in [0.15, 0.2) is 0 Å². The summed E-state index contributed by atoms with van der Waals surface area (Å²) in [5.41, 5.74) is 2.27. The van der Waals surface area contributed by atoms with Crippen LogP contribution in [0.25, 0.3) is 11.4 Å². The van der Waals surface area contributed by atoms with Crippen molar-refractivity contribution >= 4 is 5.91 Å². The Morgan fingerprint density at radius 3 is 2.71 bits per heavy atom. The summed E-state index contributed by atoms with van der Waals surface area (Å²) < 4.78 is 1.90. The summed E-state index contributed by atoms with van der Waals surface area (Å²) in [6, 6.07) is 1.98. The summed E-state index contributed by atoms with van der Waals surface area (Å²) in [6.45, 7) is 9.53. The van der Waals surface area contributed by atoms with E-state index in [4.69, 9.17) is 0 Å². The van der Waals surface area contributed by atoms with Gasteiger partial charge in [0.25, 0.3) is 0 Å². The highest BCUT2D eigenvalue weighted by atomic mass is 16.2. The summed E-state index contributed by atoms with van der Waals surface area (Å²) in [5.74, 6) is 0.180. The molecule has 0 bridgehead atoms. The van der Waals surface area contributed by atoms with Gasteiger partial charge in [-0.3, -0.25) is 19.4 Å². The standard InChI is InChI=1S/C18H25N5O/c1-5-23-16(8-9-21-23)14-12-19-13(11-20-14)15-7-6-10-22(15)17(24)18(2,3)4/h8-9,11-12,15H,5-7,10H2,1-4H3/t15-/m1/s1. The topological polar surface area (TPSA) is 63.9 Å². The Kier molecular flexibility index (Phi) is 4.39. The predicted octanol–water partition coefficient (Wildman–Crippen LogP) is 3.07. The second kappa shape index (κ2) is 6.34. The lowest BCUT2D eigenvalue weighted by Crippen LogP contribution is -2.39. The van der Waals surface area contributed by atoms with E-state index in [0.717, 1.165) is 43.0 Å². The molecule has 1 atom stereocenters. The quantitative estimate of drug-likeness (QED) is 0.869. The van der Waals surface area contributed by atoms with Gasteiger partial charge in [0.2, 0.25) is 5.91 Å². The first kappa shape index (κ1) is 16.6. The van der Waals surface area contributed by atoms with Crippen molar-refractivity contribution in [2.45, 2.75) is 53.1 Å². The molecule has 0 N–H and O–H groups in total. The van der Waals surface area contributed by atoms with Gasteiger partial charge in [0.05, 0.1) is 29.8 Å². The van der Waals surface area contributed by atoms with Crippen LogP contribution in [-0.2, 0) is 11.3 Å². The van der Waals surface area contributed by atoms with Gasteiger partial charge in [-0.25, -0.2) is 0 Å². The minimum absolute atomic E-state index is 0.0364. The fraction of sp³-hybridized carbons (Fsp3) is 0.556. The van der Waals surface area contributed by atoms with Crippen molar-refractivity contribution in [1.82, 2.24) is 24.6 Å². The van der Waals surface area contributed by atoms with E-state index in [-0.39, 0.29) is 17.4 Å². The maximum Gasteiger partial charge on any atom is 0.228 e. The summed E-state index contributed by atoms with van der Waals surface area (Å²) in [7, 11) is 0. The molecule has 0 radical (unpaired) electrons. The van der Waals surface area contributed by atoms with E-state index in [1.807, 2.05) is 43.3 Å². The number of nitrogens with zero attached hydrogens (tertiary/aromatic N) is 5. The SMILES string of the molecule is CCn1nccc1-c1cnc([C@H]2CCCN2C(=O)C(C)(C)C)cn1. The minimum atomic E-state index is -0.371. The van der Waals surface area contributed by atoms with E-state index >= 15 is 0 Å². The smallest absolute Gasteiger partial charge is 0.228 e. The molecule has 0 unspecified atom stereocenters. The minimum Gasteiger partial charge on any atom is -0.334 e. The molecule has 0 spiro atoms. The van der Waals surface area contributed by atoms with E-state index in [1.165, 1.54) is 0 Å². The first-order valence-corrected chi connectivity index (χ1v) is 8.57. The highest BCUT2D eigenvalue weighted by molar-refractivity contribution is 5.82. The largest absolute Gasteiger partial charge is 0.334 e. The van der Waals surface area contributed by atoms with Crippen LogP contribution in [-0.4, -0.2) is 37.1 Å². The zero-order valence-corrected chi connectivity index (χ0v) is 14.9. The van der Waals surface area contributed by atoms with E-state index in [1.54, 1.807) is 18.6 Å². The van der Waals surface area contributed by atoms with Gasteiger partial charge in [-0.05, 0) is 25.8 Å². The number of aromatic nitrogens is 4. The third-order valence-electron chi connectivity index (χ3n) is 4.45. The van der Waals surface area contributed by atoms with Crippen LogP contribution >= 0.6 is 0 Å². The number of amides is 1. The molecule has 1 fully saturated rings. The second-order valence-corrected chi connectivity index (χ2v) is 7.27. The summed E-state index contributed by atoms with van der Waals surface area (Å²) in [5, 5.41) is 4.27. The maximum atomic E-state index is 12.7. The number of carbonyl (C=O) groups is 1. The van der Waals surface area contributed by atoms with Gasteiger partial charge < -0.3 is 4.90 Å². The summed E-state index contributed by atoms with van der Waals surface area (Å²) in [4.78, 5) is 23.8. The molecule has 0 saturated carbocycles. The van der Waals surface area contributed by atoms with Crippen molar-refractivity contribution in [1.29, 1.82) is 0 Å². The van der Waals surface area contributed by atoms with Crippen molar-refractivity contribution < 1.29 is 4.79 Å². The van der Waals surface area contributed by atoms with Crippen molar-refractivity contribution in [3.63, 3.8) is 0 Å². The van der Waals surface area contributed by atoms with Crippen LogP contribution in [0.3, 0.4) is 0 Å². The van der Waals surface area contributed by atoms with Crippen molar-refractivity contribution in [2.24, 2.45) is 5.41 Å². The molecule has 3 rings (SSSR count). The normalized spacial score (nSPS) is 18.2. The van der Waals surface area contributed by atoms with Crippen molar-refractivity contribution in [3.05, 3.63) is 30.4 Å². The van der Waals surface area contributed by atoms with E-state index in [9.17, 15) is 4.79 Å². The molecule has 128 valence electrons. The van der Waals surface area contributed by atoms with Gasteiger partial charge >= 0.3 is 0 Å². The monoisotopic (exact) mass is 327 g/mol. The van der Waals surface area contributed by atoms with Crippen LogP contribution in [0.1, 0.15) is 52.3 Å². The Bertz CT molecular complexity index is 714. The van der Waals surface area contributed by atoms with Gasteiger partial charge in [0.1, 0.15) is 5.69 Å². The van der Waals surface area contributed by atoms with Crippen LogP contribution < -0.4 is 0 Å². The Labute approximate surface area is 142 Å². The van der Waals surface area contributed by atoms with Crippen molar-refractivity contribution in [2.75, 3.05) is 6.54 Å².